The standard InChI is InChI=1S/C20H24O4/c1-6-9-14(7-2)12-17(19(21)22-5)23-16-11-8-10-15-13-20(3,4)24-18(15)16/h6-11,17H,1-2,12-13H2,3-5H3/b14-9+. The molecule has 128 valence electrons. The van der Waals surface area contributed by atoms with Gasteiger partial charge in [0.15, 0.2) is 17.6 Å². The first kappa shape index (κ1) is 17.9. The molecule has 1 aliphatic heterocycles. The summed E-state index contributed by atoms with van der Waals surface area (Å²) in [7, 11) is 1.35. The van der Waals surface area contributed by atoms with E-state index in [9.17, 15) is 4.79 Å². The van der Waals surface area contributed by atoms with Gasteiger partial charge < -0.3 is 14.2 Å². The highest BCUT2D eigenvalue weighted by Gasteiger charge is 2.33. The number of para-hydroxylation sites is 1. The molecule has 0 bridgehead atoms. The van der Waals surface area contributed by atoms with Crippen LogP contribution in [-0.4, -0.2) is 24.8 Å². The van der Waals surface area contributed by atoms with Crippen LogP contribution in [0.25, 0.3) is 0 Å². The van der Waals surface area contributed by atoms with E-state index in [2.05, 4.69) is 13.2 Å². The molecule has 24 heavy (non-hydrogen) atoms. The van der Waals surface area contributed by atoms with Gasteiger partial charge in [0.1, 0.15) is 5.60 Å². The molecule has 0 saturated carbocycles. The highest BCUT2D eigenvalue weighted by molar-refractivity contribution is 5.75. The molecule has 4 heteroatoms. The van der Waals surface area contributed by atoms with E-state index in [4.69, 9.17) is 14.2 Å². The van der Waals surface area contributed by atoms with E-state index >= 15 is 0 Å². The van der Waals surface area contributed by atoms with E-state index < -0.39 is 12.1 Å². The fourth-order valence-corrected chi connectivity index (χ4v) is 2.72. The minimum absolute atomic E-state index is 0.280. The molecule has 1 unspecified atom stereocenters. The molecule has 2 rings (SSSR count). The van der Waals surface area contributed by atoms with Crippen LogP contribution in [0.3, 0.4) is 0 Å². The monoisotopic (exact) mass is 328 g/mol. The third kappa shape index (κ3) is 4.07. The molecule has 1 aliphatic rings. The lowest BCUT2D eigenvalue weighted by atomic mass is 10.0. The maximum absolute atomic E-state index is 12.1. The van der Waals surface area contributed by atoms with Crippen molar-refractivity contribution in [2.24, 2.45) is 0 Å². The van der Waals surface area contributed by atoms with Gasteiger partial charge in [0.2, 0.25) is 0 Å². The maximum Gasteiger partial charge on any atom is 0.347 e. The van der Waals surface area contributed by atoms with Crippen LogP contribution in [0.1, 0.15) is 25.8 Å². The van der Waals surface area contributed by atoms with E-state index in [1.165, 1.54) is 7.11 Å². The zero-order valence-corrected chi connectivity index (χ0v) is 14.5. The zero-order valence-electron chi connectivity index (χ0n) is 14.5. The van der Waals surface area contributed by atoms with E-state index in [0.29, 0.717) is 17.9 Å². The van der Waals surface area contributed by atoms with Crippen LogP contribution in [0, 0.1) is 0 Å². The fourth-order valence-electron chi connectivity index (χ4n) is 2.72. The van der Waals surface area contributed by atoms with Crippen LogP contribution in [0.4, 0.5) is 0 Å². The zero-order chi connectivity index (χ0) is 17.7. The summed E-state index contributed by atoms with van der Waals surface area (Å²) >= 11 is 0. The second-order valence-electron chi connectivity index (χ2n) is 6.30. The Bertz CT molecular complexity index is 670. The lowest BCUT2D eigenvalue weighted by molar-refractivity contribution is -0.148. The van der Waals surface area contributed by atoms with Gasteiger partial charge in [0.05, 0.1) is 7.11 Å². The Morgan fingerprint density at radius 1 is 1.42 bits per heavy atom. The number of rotatable bonds is 7. The van der Waals surface area contributed by atoms with Crippen molar-refractivity contribution in [3.8, 4) is 11.5 Å². The van der Waals surface area contributed by atoms with Crippen molar-refractivity contribution in [3.63, 3.8) is 0 Å². The summed E-state index contributed by atoms with van der Waals surface area (Å²) in [6.45, 7) is 11.5. The Morgan fingerprint density at radius 2 is 2.17 bits per heavy atom. The van der Waals surface area contributed by atoms with Crippen molar-refractivity contribution in [3.05, 3.63) is 60.7 Å². The predicted molar refractivity (Wildman–Crippen MR) is 94.4 cm³/mol. The maximum atomic E-state index is 12.1. The molecule has 1 aromatic carbocycles. The number of carbonyl (C=O) groups is 1. The minimum atomic E-state index is -0.780. The Labute approximate surface area is 143 Å². The summed E-state index contributed by atoms with van der Waals surface area (Å²) in [6.07, 6.45) is 5.48. The Kier molecular flexibility index (Phi) is 5.50. The van der Waals surface area contributed by atoms with Gasteiger partial charge in [-0.15, -0.1) is 0 Å². The third-order valence-corrected chi connectivity index (χ3v) is 3.80. The molecule has 0 radical (unpaired) electrons. The summed E-state index contributed by atoms with van der Waals surface area (Å²) in [5.41, 5.74) is 1.64. The van der Waals surface area contributed by atoms with Gasteiger partial charge in [-0.05, 0) is 25.5 Å². The molecule has 4 nitrogen and oxygen atoms in total. The first-order chi connectivity index (χ1) is 11.4. The van der Waals surface area contributed by atoms with Gasteiger partial charge in [0.25, 0.3) is 0 Å². The van der Waals surface area contributed by atoms with Crippen LogP contribution < -0.4 is 9.47 Å². The average Bonchev–Trinajstić information content (AvgIpc) is 2.87. The van der Waals surface area contributed by atoms with Gasteiger partial charge in [-0.3, -0.25) is 0 Å². The number of allylic oxidation sites excluding steroid dienone is 3. The normalized spacial score (nSPS) is 16.5. The summed E-state index contributed by atoms with van der Waals surface area (Å²) in [5.74, 6) is 0.807. The van der Waals surface area contributed by atoms with Crippen LogP contribution in [0.2, 0.25) is 0 Å². The van der Waals surface area contributed by atoms with Crippen LogP contribution >= 0.6 is 0 Å². The molecule has 0 N–H and O–H groups in total. The number of hydrogen-bond donors (Lipinski definition) is 0. The van der Waals surface area contributed by atoms with Crippen molar-refractivity contribution < 1.29 is 19.0 Å². The Morgan fingerprint density at radius 3 is 2.79 bits per heavy atom. The summed E-state index contributed by atoms with van der Waals surface area (Å²) in [5, 5.41) is 0. The molecule has 0 aliphatic carbocycles. The predicted octanol–water partition coefficient (Wildman–Crippen LogP) is 4.01. The number of ether oxygens (including phenoxy) is 3. The van der Waals surface area contributed by atoms with Gasteiger partial charge in [0, 0.05) is 18.4 Å². The number of benzene rings is 1. The van der Waals surface area contributed by atoms with E-state index in [1.54, 1.807) is 24.3 Å². The first-order valence-electron chi connectivity index (χ1n) is 7.89. The van der Waals surface area contributed by atoms with E-state index in [1.807, 2.05) is 26.0 Å². The highest BCUT2D eigenvalue weighted by Crippen LogP contribution is 2.42. The minimum Gasteiger partial charge on any atom is -0.483 e. The van der Waals surface area contributed by atoms with E-state index in [0.717, 1.165) is 17.6 Å². The molecule has 0 spiro atoms. The van der Waals surface area contributed by atoms with Crippen LogP contribution in [-0.2, 0) is 16.0 Å². The van der Waals surface area contributed by atoms with Crippen molar-refractivity contribution in [2.75, 3.05) is 7.11 Å². The lowest BCUT2D eigenvalue weighted by Crippen LogP contribution is -2.29. The fraction of sp³-hybridized carbons (Fsp3) is 0.350. The molecule has 1 heterocycles. The molecule has 0 aromatic heterocycles. The van der Waals surface area contributed by atoms with Crippen molar-refractivity contribution in [2.45, 2.75) is 38.4 Å². The Hall–Kier alpha value is -2.49. The van der Waals surface area contributed by atoms with Gasteiger partial charge in [-0.2, -0.15) is 0 Å². The number of esters is 1. The molecular formula is C20H24O4. The molecule has 0 saturated heterocycles. The highest BCUT2D eigenvalue weighted by atomic mass is 16.6. The molecule has 1 atom stereocenters. The van der Waals surface area contributed by atoms with Gasteiger partial charge in [-0.1, -0.05) is 43.5 Å². The Balaban J connectivity index is 2.27. The first-order valence-corrected chi connectivity index (χ1v) is 7.89. The molecular weight excluding hydrogens is 304 g/mol. The summed E-state index contributed by atoms with van der Waals surface area (Å²) in [4.78, 5) is 12.1. The van der Waals surface area contributed by atoms with Gasteiger partial charge >= 0.3 is 5.97 Å². The third-order valence-electron chi connectivity index (χ3n) is 3.80. The second kappa shape index (κ2) is 7.39. The number of hydrogen-bond acceptors (Lipinski definition) is 4. The smallest absolute Gasteiger partial charge is 0.347 e. The van der Waals surface area contributed by atoms with Crippen molar-refractivity contribution in [1.82, 2.24) is 0 Å². The molecule has 1 aromatic rings. The van der Waals surface area contributed by atoms with Crippen molar-refractivity contribution >= 4 is 5.97 Å². The SMILES string of the molecule is C=C/C=C(\C=C)CC(Oc1cccc2c1OC(C)(C)C2)C(=O)OC. The van der Waals surface area contributed by atoms with E-state index in [-0.39, 0.29) is 5.60 Å². The van der Waals surface area contributed by atoms with Gasteiger partial charge in [-0.25, -0.2) is 4.79 Å². The lowest BCUT2D eigenvalue weighted by Gasteiger charge is -2.21. The van der Waals surface area contributed by atoms with Crippen molar-refractivity contribution in [1.29, 1.82) is 0 Å². The number of carbonyl (C=O) groups excluding carboxylic acids is 1. The molecule has 0 fully saturated rings. The number of fused-ring (bicyclic) bond motifs is 1. The second-order valence-corrected chi connectivity index (χ2v) is 6.30. The average molecular weight is 328 g/mol. The van der Waals surface area contributed by atoms with Crippen LogP contribution in [0.5, 0.6) is 11.5 Å². The quantitative estimate of drug-likeness (QED) is 0.560. The topological polar surface area (TPSA) is 44.8 Å². The molecule has 0 amide bonds. The number of methoxy groups -OCH3 is 1. The summed E-state index contributed by atoms with van der Waals surface area (Å²) < 4.78 is 16.8. The summed E-state index contributed by atoms with van der Waals surface area (Å²) in [6, 6.07) is 5.72. The largest absolute Gasteiger partial charge is 0.483 e. The van der Waals surface area contributed by atoms with Crippen LogP contribution in [0.15, 0.2) is 55.2 Å².